The van der Waals surface area contributed by atoms with Crippen LogP contribution in [-0.2, 0) is 0 Å². The number of nitrogens with zero attached hydrogens (tertiary/aromatic N) is 1. The van der Waals surface area contributed by atoms with Crippen LogP contribution in [0.4, 0.5) is 5.69 Å². The maximum absolute atomic E-state index is 9.29. The SMILES string of the molecule is COc1ccccc1NC1(C#N)CCCC1. The third kappa shape index (κ3) is 1.96. The maximum Gasteiger partial charge on any atom is 0.141 e. The molecule has 2 rings (SSSR count). The minimum Gasteiger partial charge on any atom is -0.495 e. The van der Waals surface area contributed by atoms with Crippen molar-refractivity contribution in [1.82, 2.24) is 0 Å². The number of hydrogen-bond acceptors (Lipinski definition) is 3. The highest BCUT2D eigenvalue weighted by Gasteiger charge is 2.34. The normalized spacial score (nSPS) is 17.8. The zero-order valence-electron chi connectivity index (χ0n) is 9.49. The summed E-state index contributed by atoms with van der Waals surface area (Å²) < 4.78 is 5.27. The van der Waals surface area contributed by atoms with Gasteiger partial charge < -0.3 is 10.1 Å². The first-order valence-corrected chi connectivity index (χ1v) is 5.62. The van der Waals surface area contributed by atoms with Crippen LogP contribution in [0.2, 0.25) is 0 Å². The lowest BCUT2D eigenvalue weighted by Crippen LogP contribution is -2.33. The smallest absolute Gasteiger partial charge is 0.141 e. The molecule has 0 unspecified atom stereocenters. The molecule has 0 aromatic heterocycles. The van der Waals surface area contributed by atoms with Crippen LogP contribution in [0.25, 0.3) is 0 Å². The first kappa shape index (κ1) is 10.8. The van der Waals surface area contributed by atoms with E-state index >= 15 is 0 Å². The molecule has 3 nitrogen and oxygen atoms in total. The number of nitriles is 1. The molecular formula is C13H16N2O. The minimum absolute atomic E-state index is 0.394. The molecule has 1 N–H and O–H groups in total. The summed E-state index contributed by atoms with van der Waals surface area (Å²) in [7, 11) is 1.65. The van der Waals surface area contributed by atoms with Crippen LogP contribution in [0.3, 0.4) is 0 Å². The van der Waals surface area contributed by atoms with Crippen molar-refractivity contribution in [2.45, 2.75) is 31.2 Å². The van der Waals surface area contributed by atoms with Gasteiger partial charge in [0.05, 0.1) is 18.9 Å². The fourth-order valence-electron chi connectivity index (χ4n) is 2.25. The average molecular weight is 216 g/mol. The van der Waals surface area contributed by atoms with E-state index in [0.29, 0.717) is 0 Å². The van der Waals surface area contributed by atoms with Gasteiger partial charge in [-0.15, -0.1) is 0 Å². The van der Waals surface area contributed by atoms with Crippen LogP contribution in [-0.4, -0.2) is 12.6 Å². The summed E-state index contributed by atoms with van der Waals surface area (Å²) in [6, 6.07) is 10.1. The predicted molar refractivity (Wildman–Crippen MR) is 63.4 cm³/mol. The molecular weight excluding hydrogens is 200 g/mol. The molecule has 0 bridgehead atoms. The molecule has 84 valence electrons. The average Bonchev–Trinajstić information content (AvgIpc) is 2.79. The number of anilines is 1. The highest BCUT2D eigenvalue weighted by atomic mass is 16.5. The van der Waals surface area contributed by atoms with Crippen LogP contribution in [0.1, 0.15) is 25.7 Å². The number of methoxy groups -OCH3 is 1. The Morgan fingerprint density at radius 2 is 2.00 bits per heavy atom. The van der Waals surface area contributed by atoms with Crippen molar-refractivity contribution >= 4 is 5.69 Å². The van der Waals surface area contributed by atoms with E-state index in [1.807, 2.05) is 24.3 Å². The zero-order valence-corrected chi connectivity index (χ0v) is 9.49. The Balaban J connectivity index is 2.23. The van der Waals surface area contributed by atoms with Gasteiger partial charge in [0, 0.05) is 0 Å². The van der Waals surface area contributed by atoms with Crippen molar-refractivity contribution in [2.24, 2.45) is 0 Å². The van der Waals surface area contributed by atoms with Crippen molar-refractivity contribution < 1.29 is 4.74 Å². The van der Waals surface area contributed by atoms with Gasteiger partial charge in [0.1, 0.15) is 11.3 Å². The number of hydrogen-bond donors (Lipinski definition) is 1. The molecule has 1 aliphatic rings. The molecule has 0 amide bonds. The molecule has 1 aliphatic carbocycles. The second kappa shape index (κ2) is 4.44. The Hall–Kier alpha value is -1.69. The highest BCUT2D eigenvalue weighted by molar-refractivity contribution is 5.59. The summed E-state index contributed by atoms with van der Waals surface area (Å²) in [6.07, 6.45) is 4.08. The van der Waals surface area contributed by atoms with Gasteiger partial charge in [-0.25, -0.2) is 0 Å². The zero-order chi connectivity index (χ0) is 11.4. The number of para-hydroxylation sites is 2. The lowest BCUT2D eigenvalue weighted by Gasteiger charge is -2.24. The summed E-state index contributed by atoms with van der Waals surface area (Å²) >= 11 is 0. The Bertz CT molecular complexity index is 403. The van der Waals surface area contributed by atoms with Crippen molar-refractivity contribution in [3.8, 4) is 11.8 Å². The van der Waals surface area contributed by atoms with Gasteiger partial charge >= 0.3 is 0 Å². The highest BCUT2D eigenvalue weighted by Crippen LogP contribution is 2.35. The fraction of sp³-hybridized carbons (Fsp3) is 0.462. The maximum atomic E-state index is 9.29. The van der Waals surface area contributed by atoms with Gasteiger partial charge in [0.25, 0.3) is 0 Å². The van der Waals surface area contributed by atoms with Gasteiger partial charge in [0.2, 0.25) is 0 Å². The summed E-state index contributed by atoms with van der Waals surface area (Å²) in [6.45, 7) is 0. The van der Waals surface area contributed by atoms with Crippen molar-refractivity contribution in [3.63, 3.8) is 0 Å². The summed E-state index contributed by atoms with van der Waals surface area (Å²) in [5.74, 6) is 0.795. The summed E-state index contributed by atoms with van der Waals surface area (Å²) in [5, 5.41) is 12.6. The number of rotatable bonds is 3. The van der Waals surface area contributed by atoms with Crippen LogP contribution < -0.4 is 10.1 Å². The van der Waals surface area contributed by atoms with Crippen LogP contribution >= 0.6 is 0 Å². The van der Waals surface area contributed by atoms with Crippen LogP contribution in [0, 0.1) is 11.3 Å². The third-order valence-electron chi connectivity index (χ3n) is 3.15. The quantitative estimate of drug-likeness (QED) is 0.844. The van der Waals surface area contributed by atoms with E-state index in [9.17, 15) is 5.26 Å². The lowest BCUT2D eigenvalue weighted by molar-refractivity contribution is 0.415. The molecule has 3 heteroatoms. The van der Waals surface area contributed by atoms with Crippen LogP contribution in [0.15, 0.2) is 24.3 Å². The standard InChI is InChI=1S/C13H16N2O/c1-16-12-7-3-2-6-11(12)15-13(10-14)8-4-5-9-13/h2-3,6-7,15H,4-5,8-9H2,1H3. The van der Waals surface area contributed by atoms with Crippen molar-refractivity contribution in [1.29, 1.82) is 5.26 Å². The van der Waals surface area contributed by atoms with Crippen molar-refractivity contribution in [2.75, 3.05) is 12.4 Å². The van der Waals surface area contributed by atoms with Crippen LogP contribution in [0.5, 0.6) is 5.75 Å². The predicted octanol–water partition coefficient (Wildman–Crippen LogP) is 2.94. The topological polar surface area (TPSA) is 45.0 Å². The molecule has 1 fully saturated rings. The fourth-order valence-corrected chi connectivity index (χ4v) is 2.25. The Kier molecular flexibility index (Phi) is 3.00. The third-order valence-corrected chi connectivity index (χ3v) is 3.15. The van der Waals surface area contributed by atoms with E-state index in [-0.39, 0.29) is 0 Å². The summed E-state index contributed by atoms with van der Waals surface area (Å²) in [5.41, 5.74) is 0.516. The second-order valence-electron chi connectivity index (χ2n) is 4.23. The van der Waals surface area contributed by atoms with Gasteiger partial charge in [-0.2, -0.15) is 5.26 Å². The van der Waals surface area contributed by atoms with Gasteiger partial charge in [-0.3, -0.25) is 0 Å². The molecule has 1 aromatic carbocycles. The first-order chi connectivity index (χ1) is 7.79. The van der Waals surface area contributed by atoms with Gasteiger partial charge in [-0.05, 0) is 37.8 Å². The molecule has 0 radical (unpaired) electrons. The van der Waals surface area contributed by atoms with Gasteiger partial charge in [-0.1, -0.05) is 12.1 Å². The first-order valence-electron chi connectivity index (χ1n) is 5.62. The second-order valence-corrected chi connectivity index (χ2v) is 4.23. The molecule has 0 heterocycles. The molecule has 1 saturated carbocycles. The Morgan fingerprint density at radius 3 is 2.62 bits per heavy atom. The van der Waals surface area contributed by atoms with Gasteiger partial charge in [0.15, 0.2) is 0 Å². The molecule has 1 aromatic rings. The van der Waals surface area contributed by atoms with E-state index in [0.717, 1.165) is 37.1 Å². The minimum atomic E-state index is -0.394. The van der Waals surface area contributed by atoms with Crippen molar-refractivity contribution in [3.05, 3.63) is 24.3 Å². The Morgan fingerprint density at radius 1 is 1.31 bits per heavy atom. The van der Waals surface area contributed by atoms with E-state index in [1.165, 1.54) is 0 Å². The number of nitrogens with one attached hydrogen (secondary N) is 1. The largest absolute Gasteiger partial charge is 0.495 e. The van der Waals surface area contributed by atoms with E-state index in [2.05, 4.69) is 11.4 Å². The van der Waals surface area contributed by atoms with E-state index < -0.39 is 5.54 Å². The molecule has 16 heavy (non-hydrogen) atoms. The molecule has 0 atom stereocenters. The summed E-state index contributed by atoms with van der Waals surface area (Å²) in [4.78, 5) is 0. The molecule has 0 spiro atoms. The molecule has 0 aliphatic heterocycles. The number of ether oxygens (including phenoxy) is 1. The van der Waals surface area contributed by atoms with E-state index in [4.69, 9.17) is 4.74 Å². The Labute approximate surface area is 96.0 Å². The monoisotopic (exact) mass is 216 g/mol. The molecule has 0 saturated heterocycles. The van der Waals surface area contributed by atoms with E-state index in [1.54, 1.807) is 7.11 Å². The number of benzene rings is 1. The lowest BCUT2D eigenvalue weighted by atomic mass is 9.99.